The van der Waals surface area contributed by atoms with E-state index in [9.17, 15) is 15.3 Å². The van der Waals surface area contributed by atoms with Crippen LogP contribution in [0.1, 0.15) is 22.7 Å². The van der Waals surface area contributed by atoms with E-state index in [1.165, 1.54) is 6.07 Å². The summed E-state index contributed by atoms with van der Waals surface area (Å²) in [6.07, 6.45) is 0.775. The van der Waals surface area contributed by atoms with Crippen molar-refractivity contribution in [3.63, 3.8) is 0 Å². The number of hydrogen-bond donors (Lipinski definition) is 5. The first kappa shape index (κ1) is 12.6. The van der Waals surface area contributed by atoms with Crippen molar-refractivity contribution in [1.82, 2.24) is 5.32 Å². The molecular formula is C15H16N2O3. The number of anilines is 1. The van der Waals surface area contributed by atoms with E-state index in [1.807, 2.05) is 0 Å². The van der Waals surface area contributed by atoms with Crippen LogP contribution >= 0.6 is 0 Å². The summed E-state index contributed by atoms with van der Waals surface area (Å²) in [7, 11) is 0. The molecule has 0 amide bonds. The number of benzene rings is 2. The minimum absolute atomic E-state index is 0.108. The van der Waals surface area contributed by atoms with Crippen molar-refractivity contribution in [3.05, 3.63) is 47.0 Å². The average molecular weight is 272 g/mol. The van der Waals surface area contributed by atoms with Crippen molar-refractivity contribution < 1.29 is 15.3 Å². The van der Waals surface area contributed by atoms with E-state index in [-0.39, 0.29) is 23.3 Å². The molecule has 0 fully saturated rings. The van der Waals surface area contributed by atoms with E-state index in [4.69, 9.17) is 5.73 Å². The molecule has 1 aliphatic rings. The summed E-state index contributed by atoms with van der Waals surface area (Å²) in [5, 5.41) is 32.1. The van der Waals surface area contributed by atoms with Gasteiger partial charge in [0.25, 0.3) is 0 Å². The summed E-state index contributed by atoms with van der Waals surface area (Å²) in [5.41, 5.74) is 9.17. The Morgan fingerprint density at radius 3 is 2.50 bits per heavy atom. The Bertz CT molecular complexity index is 670. The molecule has 0 saturated heterocycles. The first-order valence-electron chi connectivity index (χ1n) is 6.43. The summed E-state index contributed by atoms with van der Waals surface area (Å²) in [6.45, 7) is 0.752. The van der Waals surface area contributed by atoms with Crippen LogP contribution in [0.2, 0.25) is 0 Å². The second kappa shape index (κ2) is 4.61. The third-order valence-corrected chi connectivity index (χ3v) is 3.67. The smallest absolute Gasteiger partial charge is 0.157 e. The van der Waals surface area contributed by atoms with Crippen molar-refractivity contribution in [2.45, 2.75) is 12.5 Å². The van der Waals surface area contributed by atoms with E-state index in [0.717, 1.165) is 29.7 Å². The number of hydrogen-bond acceptors (Lipinski definition) is 5. The fourth-order valence-corrected chi connectivity index (χ4v) is 2.69. The molecule has 2 aromatic carbocycles. The second-order valence-corrected chi connectivity index (χ2v) is 4.99. The van der Waals surface area contributed by atoms with Crippen LogP contribution in [0.15, 0.2) is 30.3 Å². The predicted molar refractivity (Wildman–Crippen MR) is 75.8 cm³/mol. The van der Waals surface area contributed by atoms with E-state index < -0.39 is 0 Å². The van der Waals surface area contributed by atoms with Gasteiger partial charge in [-0.15, -0.1) is 0 Å². The molecule has 1 atom stereocenters. The number of nitrogens with one attached hydrogen (secondary N) is 1. The standard InChI is InChI=1S/C15H16N2O3/c16-12-6-9(18)1-2-10(12)15-11-7-14(20)13(19)5-8(11)3-4-17-15/h1-2,5-7,15,17-20H,3-4,16H2. The van der Waals surface area contributed by atoms with Crippen LogP contribution < -0.4 is 11.1 Å². The summed E-state index contributed by atoms with van der Waals surface area (Å²) < 4.78 is 0. The highest BCUT2D eigenvalue weighted by atomic mass is 16.3. The summed E-state index contributed by atoms with van der Waals surface area (Å²) >= 11 is 0. The van der Waals surface area contributed by atoms with Crippen LogP contribution in [0.25, 0.3) is 0 Å². The van der Waals surface area contributed by atoms with E-state index in [2.05, 4.69) is 5.32 Å². The van der Waals surface area contributed by atoms with Gasteiger partial charge in [0, 0.05) is 18.3 Å². The van der Waals surface area contributed by atoms with E-state index in [1.54, 1.807) is 24.3 Å². The van der Waals surface area contributed by atoms with Gasteiger partial charge >= 0.3 is 0 Å². The first-order valence-corrected chi connectivity index (χ1v) is 6.43. The van der Waals surface area contributed by atoms with Crippen molar-refractivity contribution in [2.24, 2.45) is 0 Å². The number of rotatable bonds is 1. The van der Waals surface area contributed by atoms with Gasteiger partial charge in [-0.2, -0.15) is 0 Å². The summed E-state index contributed by atoms with van der Waals surface area (Å²) in [4.78, 5) is 0. The fourth-order valence-electron chi connectivity index (χ4n) is 2.69. The maximum absolute atomic E-state index is 9.70. The highest BCUT2D eigenvalue weighted by molar-refractivity contribution is 5.58. The molecule has 20 heavy (non-hydrogen) atoms. The van der Waals surface area contributed by atoms with Crippen molar-refractivity contribution in [3.8, 4) is 17.2 Å². The monoisotopic (exact) mass is 272 g/mol. The maximum atomic E-state index is 9.70. The Morgan fingerprint density at radius 1 is 1.00 bits per heavy atom. The van der Waals surface area contributed by atoms with Crippen LogP contribution in [-0.4, -0.2) is 21.9 Å². The van der Waals surface area contributed by atoms with Crippen LogP contribution in [0.3, 0.4) is 0 Å². The molecule has 5 nitrogen and oxygen atoms in total. The summed E-state index contributed by atoms with van der Waals surface area (Å²) in [6, 6.07) is 7.85. The SMILES string of the molecule is Nc1cc(O)ccc1C1NCCc2cc(O)c(O)cc21. The number of phenolic OH excluding ortho intramolecular Hbond substituents is 3. The highest BCUT2D eigenvalue weighted by Crippen LogP contribution is 2.38. The Balaban J connectivity index is 2.11. The lowest BCUT2D eigenvalue weighted by Gasteiger charge is -2.28. The van der Waals surface area contributed by atoms with Gasteiger partial charge in [0.2, 0.25) is 0 Å². The lowest BCUT2D eigenvalue weighted by atomic mass is 9.88. The van der Waals surface area contributed by atoms with Gasteiger partial charge in [0.1, 0.15) is 5.75 Å². The van der Waals surface area contributed by atoms with Crippen molar-refractivity contribution in [1.29, 1.82) is 0 Å². The van der Waals surface area contributed by atoms with Gasteiger partial charge < -0.3 is 26.4 Å². The van der Waals surface area contributed by atoms with Crippen LogP contribution in [0, 0.1) is 0 Å². The zero-order chi connectivity index (χ0) is 14.3. The van der Waals surface area contributed by atoms with Gasteiger partial charge in [-0.25, -0.2) is 0 Å². The Labute approximate surface area is 116 Å². The first-order chi connectivity index (χ1) is 9.56. The van der Waals surface area contributed by atoms with E-state index in [0.29, 0.717) is 5.69 Å². The van der Waals surface area contributed by atoms with Crippen LogP contribution in [0.5, 0.6) is 17.2 Å². The molecule has 0 aromatic heterocycles. The Morgan fingerprint density at radius 2 is 1.75 bits per heavy atom. The topological polar surface area (TPSA) is 98.7 Å². The largest absolute Gasteiger partial charge is 0.508 e. The normalized spacial score (nSPS) is 17.7. The molecule has 1 aliphatic heterocycles. The molecule has 3 rings (SSSR count). The lowest BCUT2D eigenvalue weighted by Crippen LogP contribution is -2.31. The molecule has 0 spiro atoms. The third kappa shape index (κ3) is 2.02. The molecule has 104 valence electrons. The lowest BCUT2D eigenvalue weighted by molar-refractivity contribution is 0.400. The van der Waals surface area contributed by atoms with Gasteiger partial charge in [-0.3, -0.25) is 0 Å². The molecule has 0 aliphatic carbocycles. The van der Waals surface area contributed by atoms with Crippen molar-refractivity contribution in [2.75, 3.05) is 12.3 Å². The van der Waals surface area contributed by atoms with Gasteiger partial charge in [0.15, 0.2) is 11.5 Å². The number of aromatic hydroxyl groups is 3. The number of phenols is 3. The maximum Gasteiger partial charge on any atom is 0.157 e. The minimum Gasteiger partial charge on any atom is -0.508 e. The molecule has 1 heterocycles. The molecule has 1 unspecified atom stereocenters. The van der Waals surface area contributed by atoms with Crippen LogP contribution in [0.4, 0.5) is 5.69 Å². The number of nitrogen functional groups attached to an aromatic ring is 1. The molecule has 0 saturated carbocycles. The zero-order valence-corrected chi connectivity index (χ0v) is 10.8. The fraction of sp³-hybridized carbons (Fsp3) is 0.200. The number of nitrogens with two attached hydrogens (primary N) is 1. The number of fused-ring (bicyclic) bond motifs is 1. The third-order valence-electron chi connectivity index (χ3n) is 3.67. The second-order valence-electron chi connectivity index (χ2n) is 4.99. The quantitative estimate of drug-likeness (QED) is 0.401. The van der Waals surface area contributed by atoms with Gasteiger partial charge in [-0.1, -0.05) is 6.07 Å². The molecule has 5 heteroatoms. The molecule has 0 radical (unpaired) electrons. The van der Waals surface area contributed by atoms with Crippen LogP contribution in [-0.2, 0) is 6.42 Å². The molecule has 6 N–H and O–H groups in total. The van der Waals surface area contributed by atoms with E-state index >= 15 is 0 Å². The Hall–Kier alpha value is -2.40. The summed E-state index contributed by atoms with van der Waals surface area (Å²) in [5.74, 6) is -0.131. The Kier molecular flexibility index (Phi) is 2.91. The van der Waals surface area contributed by atoms with Gasteiger partial charge in [-0.05, 0) is 41.3 Å². The molecule has 0 bridgehead atoms. The minimum atomic E-state index is -0.161. The molecule has 2 aromatic rings. The predicted octanol–water partition coefficient (Wildman–Crippen LogP) is 1.62. The van der Waals surface area contributed by atoms with Crippen molar-refractivity contribution >= 4 is 5.69 Å². The zero-order valence-electron chi connectivity index (χ0n) is 10.8. The average Bonchev–Trinajstić information content (AvgIpc) is 2.40. The molecular weight excluding hydrogens is 256 g/mol. The highest BCUT2D eigenvalue weighted by Gasteiger charge is 2.24. The van der Waals surface area contributed by atoms with Gasteiger partial charge in [0.05, 0.1) is 6.04 Å².